The fraction of sp³-hybridized carbons (Fsp3) is 0.412. The number of benzene rings is 1. The molecule has 2 heterocycles. The number of nitrogens with zero attached hydrogens (tertiary/aromatic N) is 3. The van der Waals surface area contributed by atoms with E-state index >= 15 is 0 Å². The van der Waals surface area contributed by atoms with E-state index in [1.54, 1.807) is 30.4 Å². The van der Waals surface area contributed by atoms with Gasteiger partial charge in [0.25, 0.3) is 0 Å². The van der Waals surface area contributed by atoms with Gasteiger partial charge < -0.3 is 14.2 Å². The first kappa shape index (κ1) is 17.3. The van der Waals surface area contributed by atoms with Crippen molar-refractivity contribution in [1.29, 1.82) is 0 Å². The number of ether oxygens (including phenoxy) is 1. The zero-order chi connectivity index (χ0) is 18.0. The largest absolute Gasteiger partial charge is 0.445 e. The quantitative estimate of drug-likeness (QED) is 0.826. The summed E-state index contributed by atoms with van der Waals surface area (Å²) in [6.07, 6.45) is -0.781. The molecule has 1 aromatic heterocycles. The molecule has 0 bridgehead atoms. The van der Waals surface area contributed by atoms with Crippen LogP contribution in [0.4, 0.5) is 18.0 Å². The summed E-state index contributed by atoms with van der Waals surface area (Å²) < 4.78 is 45.8. The van der Waals surface area contributed by atoms with Crippen LogP contribution in [0.3, 0.4) is 0 Å². The van der Waals surface area contributed by atoms with Crippen LogP contribution in [0.5, 0.6) is 0 Å². The molecule has 1 aliphatic heterocycles. The molecular weight excluding hydrogens is 335 g/mol. The highest BCUT2D eigenvalue weighted by atomic mass is 19.4. The Balaban J connectivity index is 1.65. The van der Waals surface area contributed by atoms with Crippen molar-refractivity contribution in [2.45, 2.75) is 39.2 Å². The zero-order valence-corrected chi connectivity index (χ0v) is 13.7. The molecule has 0 radical (unpaired) electrons. The van der Waals surface area contributed by atoms with E-state index in [-0.39, 0.29) is 6.61 Å². The summed E-state index contributed by atoms with van der Waals surface area (Å²) in [5, 5.41) is 0. The molecule has 8 heteroatoms. The number of fused-ring (bicyclic) bond motifs is 1. The number of hydrogen-bond acceptors (Lipinski definition) is 3. The van der Waals surface area contributed by atoms with Crippen molar-refractivity contribution in [2.75, 3.05) is 6.54 Å². The van der Waals surface area contributed by atoms with Crippen LogP contribution in [0.15, 0.2) is 30.7 Å². The van der Waals surface area contributed by atoms with E-state index in [2.05, 4.69) is 4.98 Å². The van der Waals surface area contributed by atoms with Gasteiger partial charge in [-0.2, -0.15) is 13.2 Å². The van der Waals surface area contributed by atoms with Gasteiger partial charge >= 0.3 is 12.3 Å². The van der Waals surface area contributed by atoms with Gasteiger partial charge in [0.15, 0.2) is 0 Å². The minimum absolute atomic E-state index is 0.195. The van der Waals surface area contributed by atoms with Crippen LogP contribution < -0.4 is 0 Å². The molecule has 0 unspecified atom stereocenters. The first-order valence-corrected chi connectivity index (χ1v) is 7.91. The van der Waals surface area contributed by atoms with E-state index in [1.165, 1.54) is 0 Å². The van der Waals surface area contributed by atoms with Gasteiger partial charge in [0, 0.05) is 19.3 Å². The molecule has 1 aromatic carbocycles. The third-order valence-corrected chi connectivity index (χ3v) is 4.06. The lowest BCUT2D eigenvalue weighted by atomic mass is 10.1. The topological polar surface area (TPSA) is 47.4 Å². The second kappa shape index (κ2) is 6.78. The number of amides is 1. The highest BCUT2D eigenvalue weighted by molar-refractivity contribution is 5.67. The highest BCUT2D eigenvalue weighted by Crippen LogP contribution is 2.30. The van der Waals surface area contributed by atoms with Crippen molar-refractivity contribution in [3.05, 3.63) is 53.1 Å². The van der Waals surface area contributed by atoms with Crippen molar-refractivity contribution in [3.63, 3.8) is 0 Å². The molecule has 5 nitrogen and oxygen atoms in total. The predicted octanol–water partition coefficient (Wildman–Crippen LogP) is 3.75. The van der Waals surface area contributed by atoms with Crippen molar-refractivity contribution >= 4 is 6.09 Å². The molecule has 0 fully saturated rings. The number of aromatic nitrogens is 2. The van der Waals surface area contributed by atoms with Crippen molar-refractivity contribution < 1.29 is 22.7 Å². The van der Waals surface area contributed by atoms with Crippen LogP contribution in [0.1, 0.15) is 28.8 Å². The third-order valence-electron chi connectivity index (χ3n) is 4.06. The maximum Gasteiger partial charge on any atom is 0.416 e. The standard InChI is InChI=1S/C17H18F3N3O2/c1-12-5-13(7-14(6-12)17(18,19)20)10-25-16(24)22-3-2-4-23-11-21-8-15(23)9-22/h5-8,11H,2-4,9-10H2,1H3. The van der Waals surface area contributed by atoms with E-state index < -0.39 is 17.8 Å². The Hall–Kier alpha value is -2.51. The fourth-order valence-electron chi connectivity index (χ4n) is 2.89. The van der Waals surface area contributed by atoms with Gasteiger partial charge in [-0.25, -0.2) is 9.78 Å². The van der Waals surface area contributed by atoms with Crippen LogP contribution in [-0.4, -0.2) is 27.1 Å². The van der Waals surface area contributed by atoms with Gasteiger partial charge in [-0.15, -0.1) is 0 Å². The van der Waals surface area contributed by atoms with E-state index in [1.807, 2.05) is 4.57 Å². The average Bonchev–Trinajstić information content (AvgIpc) is 2.88. The third kappa shape index (κ3) is 4.12. The molecular formula is C17H18F3N3O2. The van der Waals surface area contributed by atoms with E-state index in [9.17, 15) is 18.0 Å². The Labute approximate surface area is 143 Å². The molecule has 3 rings (SSSR count). The molecule has 0 saturated carbocycles. The summed E-state index contributed by atoms with van der Waals surface area (Å²) >= 11 is 0. The lowest BCUT2D eigenvalue weighted by Crippen LogP contribution is -2.31. The van der Waals surface area contributed by atoms with Crippen LogP contribution >= 0.6 is 0 Å². The van der Waals surface area contributed by atoms with Gasteiger partial charge in [-0.3, -0.25) is 0 Å². The maximum absolute atomic E-state index is 12.9. The summed E-state index contributed by atoms with van der Waals surface area (Å²) in [4.78, 5) is 17.9. The van der Waals surface area contributed by atoms with Gasteiger partial charge in [-0.05, 0) is 31.0 Å². The first-order chi connectivity index (χ1) is 11.8. The molecule has 0 saturated heterocycles. The highest BCUT2D eigenvalue weighted by Gasteiger charge is 2.31. The fourth-order valence-corrected chi connectivity index (χ4v) is 2.89. The van der Waals surface area contributed by atoms with Crippen molar-refractivity contribution in [2.24, 2.45) is 0 Å². The number of halogens is 3. The second-order valence-electron chi connectivity index (χ2n) is 6.11. The lowest BCUT2D eigenvalue weighted by molar-refractivity contribution is -0.137. The molecule has 25 heavy (non-hydrogen) atoms. The Bertz CT molecular complexity index is 771. The van der Waals surface area contributed by atoms with Gasteiger partial charge in [0.05, 0.1) is 24.1 Å². The summed E-state index contributed by atoms with van der Waals surface area (Å²) in [5.74, 6) is 0. The molecule has 0 N–H and O–H groups in total. The first-order valence-electron chi connectivity index (χ1n) is 7.91. The summed E-state index contributed by atoms with van der Waals surface area (Å²) in [7, 11) is 0. The lowest BCUT2D eigenvalue weighted by Gasteiger charge is -2.19. The molecule has 1 aliphatic rings. The van der Waals surface area contributed by atoms with E-state index in [4.69, 9.17) is 4.74 Å². The number of hydrogen-bond donors (Lipinski definition) is 0. The minimum Gasteiger partial charge on any atom is -0.445 e. The van der Waals surface area contributed by atoms with Gasteiger partial charge in [0.1, 0.15) is 6.61 Å². The van der Waals surface area contributed by atoms with Crippen molar-refractivity contribution in [3.8, 4) is 0 Å². The number of rotatable bonds is 2. The van der Waals surface area contributed by atoms with Gasteiger partial charge in [-0.1, -0.05) is 11.6 Å². The monoisotopic (exact) mass is 353 g/mol. The molecule has 134 valence electrons. The van der Waals surface area contributed by atoms with Crippen LogP contribution in [0, 0.1) is 6.92 Å². The zero-order valence-electron chi connectivity index (χ0n) is 13.7. The van der Waals surface area contributed by atoms with Crippen LogP contribution in [0.2, 0.25) is 0 Å². The molecule has 0 aliphatic carbocycles. The summed E-state index contributed by atoms with van der Waals surface area (Å²) in [6.45, 7) is 3.06. The Kier molecular flexibility index (Phi) is 4.69. The molecule has 0 atom stereocenters. The number of aryl methyl sites for hydroxylation is 2. The Morgan fingerprint density at radius 2 is 2.08 bits per heavy atom. The van der Waals surface area contributed by atoms with Crippen LogP contribution in [0.25, 0.3) is 0 Å². The Morgan fingerprint density at radius 1 is 1.28 bits per heavy atom. The number of carbonyl (C=O) groups is 1. The minimum atomic E-state index is -4.42. The smallest absolute Gasteiger partial charge is 0.416 e. The van der Waals surface area contributed by atoms with Crippen LogP contribution in [-0.2, 0) is 30.6 Å². The number of carbonyl (C=O) groups excluding carboxylic acids is 1. The number of imidazole rings is 1. The molecule has 2 aromatic rings. The number of alkyl halides is 3. The normalized spacial score (nSPS) is 14.8. The van der Waals surface area contributed by atoms with E-state index in [0.29, 0.717) is 24.2 Å². The second-order valence-corrected chi connectivity index (χ2v) is 6.11. The average molecular weight is 353 g/mol. The predicted molar refractivity (Wildman–Crippen MR) is 83.6 cm³/mol. The molecule has 1 amide bonds. The van der Waals surface area contributed by atoms with Crippen molar-refractivity contribution in [1.82, 2.24) is 14.5 Å². The summed E-state index contributed by atoms with van der Waals surface area (Å²) in [5.41, 5.74) is 0.960. The maximum atomic E-state index is 12.9. The Morgan fingerprint density at radius 3 is 2.84 bits per heavy atom. The van der Waals surface area contributed by atoms with E-state index in [0.717, 1.165) is 30.8 Å². The summed E-state index contributed by atoms with van der Waals surface area (Å²) in [6, 6.07) is 3.67. The molecule has 0 spiro atoms. The SMILES string of the molecule is Cc1cc(COC(=O)N2CCCn3cncc3C2)cc(C(F)(F)F)c1. The van der Waals surface area contributed by atoms with Gasteiger partial charge in [0.2, 0.25) is 0 Å².